The number of rotatable bonds is 1. The number of ether oxygens (including phenoxy) is 4. The lowest BCUT2D eigenvalue weighted by Crippen LogP contribution is -2.54. The number of phenols is 6. The summed E-state index contributed by atoms with van der Waals surface area (Å²) in [4.78, 5) is 0. The van der Waals surface area contributed by atoms with E-state index in [1.165, 1.54) is 48.5 Å². The van der Waals surface area contributed by atoms with Gasteiger partial charge in [0.1, 0.15) is 41.8 Å². The van der Waals surface area contributed by atoms with Gasteiger partial charge in [-0.2, -0.15) is 0 Å². The molecular weight excluding hydrogens is 560 g/mol. The van der Waals surface area contributed by atoms with E-state index in [-0.39, 0.29) is 66.3 Å². The van der Waals surface area contributed by atoms with Crippen LogP contribution in [0.15, 0.2) is 60.7 Å². The van der Waals surface area contributed by atoms with Crippen LogP contribution in [-0.2, 0) is 27.9 Å². The number of hydrogen-bond donors (Lipinski definition) is 7. The van der Waals surface area contributed by atoms with E-state index in [4.69, 9.17) is 18.9 Å². The lowest BCUT2D eigenvalue weighted by atomic mass is 9.76. The Balaban J connectivity index is 1.29. The van der Waals surface area contributed by atoms with Crippen molar-refractivity contribution < 1.29 is 54.7 Å². The molecule has 11 heteroatoms. The first kappa shape index (κ1) is 25.8. The number of phenolic OH excluding ortho intramolecular Hbond substituents is 6. The molecule has 0 radical (unpaired) electrons. The molecule has 4 unspecified atom stereocenters. The third kappa shape index (κ3) is 3.40. The van der Waals surface area contributed by atoms with E-state index >= 15 is 0 Å². The molecule has 4 atom stereocenters. The zero-order valence-electron chi connectivity index (χ0n) is 22.4. The Labute approximate surface area is 244 Å². The second-order valence-electron chi connectivity index (χ2n) is 11.6. The average Bonchev–Trinajstić information content (AvgIpc) is 3.44. The van der Waals surface area contributed by atoms with Crippen LogP contribution < -0.4 is 9.47 Å². The van der Waals surface area contributed by atoms with Gasteiger partial charge >= 0.3 is 0 Å². The summed E-state index contributed by atoms with van der Waals surface area (Å²) in [5.41, 5.74) is -1.46. The Morgan fingerprint density at radius 2 is 1.23 bits per heavy atom. The smallest absolute Gasteiger partial charge is 0.192 e. The highest BCUT2D eigenvalue weighted by Gasteiger charge is 2.72. The highest BCUT2D eigenvalue weighted by atomic mass is 16.8. The van der Waals surface area contributed by atoms with E-state index in [1.807, 2.05) is 0 Å². The molecule has 7 N–H and O–H groups in total. The summed E-state index contributed by atoms with van der Waals surface area (Å²) < 4.78 is 25.6. The minimum Gasteiger partial charge on any atom is -0.508 e. The van der Waals surface area contributed by atoms with Gasteiger partial charge in [-0.05, 0) is 70.8 Å². The number of aromatic hydroxyl groups is 6. The van der Waals surface area contributed by atoms with Crippen LogP contribution in [0.2, 0.25) is 0 Å². The zero-order chi connectivity index (χ0) is 29.9. The van der Waals surface area contributed by atoms with Gasteiger partial charge in [-0.3, -0.25) is 0 Å². The fourth-order valence-corrected chi connectivity index (χ4v) is 7.04. The number of hydrogen-bond acceptors (Lipinski definition) is 11. The molecule has 43 heavy (non-hydrogen) atoms. The van der Waals surface area contributed by atoms with Crippen LogP contribution in [0, 0.1) is 0 Å². The third-order valence-corrected chi connectivity index (χ3v) is 8.99. The molecule has 11 nitrogen and oxygen atoms in total. The number of aliphatic hydroxyl groups is 1. The van der Waals surface area contributed by atoms with E-state index in [1.54, 1.807) is 12.1 Å². The molecule has 4 aromatic carbocycles. The monoisotopic (exact) mass is 586 g/mol. The molecular formula is C32H26O11. The van der Waals surface area contributed by atoms with Gasteiger partial charge in [0.15, 0.2) is 40.5 Å². The van der Waals surface area contributed by atoms with Crippen LogP contribution in [0.4, 0.5) is 0 Å². The van der Waals surface area contributed by atoms with Gasteiger partial charge in [0, 0.05) is 36.1 Å². The van der Waals surface area contributed by atoms with Crippen LogP contribution in [0.25, 0.3) is 11.1 Å². The molecule has 1 saturated heterocycles. The Morgan fingerprint density at radius 1 is 0.581 bits per heavy atom. The van der Waals surface area contributed by atoms with Crippen molar-refractivity contribution in [3.05, 3.63) is 82.9 Å². The highest BCUT2D eigenvalue weighted by Crippen LogP contribution is 2.64. The van der Waals surface area contributed by atoms with Gasteiger partial charge in [-0.15, -0.1) is 0 Å². The molecule has 0 aromatic heterocycles. The Bertz CT molecular complexity index is 1850. The minimum absolute atomic E-state index is 0.0291. The lowest BCUT2D eigenvalue weighted by molar-refractivity contribution is -0.218. The first-order chi connectivity index (χ1) is 20.5. The van der Waals surface area contributed by atoms with Crippen molar-refractivity contribution in [1.82, 2.24) is 0 Å². The van der Waals surface area contributed by atoms with Gasteiger partial charge in [-0.1, -0.05) is 0 Å². The van der Waals surface area contributed by atoms with Crippen LogP contribution in [0.3, 0.4) is 0 Å². The number of benzene rings is 4. The SMILES string of the molecule is Oc1ccc2c(c1)OCC(O)(C1OC34COc5cc(O)ccc5C3(O1)c1cc(O)c(O)cc1C4)Cc1cc(O)c(O)cc1-2. The molecule has 3 heterocycles. The van der Waals surface area contributed by atoms with E-state index in [0.717, 1.165) is 0 Å². The molecule has 1 aliphatic carbocycles. The van der Waals surface area contributed by atoms with Crippen LogP contribution in [0.1, 0.15) is 22.3 Å². The molecule has 3 aliphatic heterocycles. The first-order valence-electron chi connectivity index (χ1n) is 13.6. The third-order valence-electron chi connectivity index (χ3n) is 8.99. The Morgan fingerprint density at radius 3 is 2.02 bits per heavy atom. The normalized spacial score (nSPS) is 28.1. The van der Waals surface area contributed by atoms with Crippen LogP contribution in [0.5, 0.6) is 46.0 Å². The van der Waals surface area contributed by atoms with Crippen molar-refractivity contribution in [2.24, 2.45) is 0 Å². The summed E-state index contributed by atoms with van der Waals surface area (Å²) >= 11 is 0. The fourth-order valence-electron chi connectivity index (χ4n) is 7.04. The van der Waals surface area contributed by atoms with Gasteiger partial charge < -0.3 is 54.7 Å². The van der Waals surface area contributed by atoms with E-state index < -0.39 is 23.1 Å². The van der Waals surface area contributed by atoms with Crippen LogP contribution >= 0.6 is 0 Å². The molecule has 4 aromatic rings. The Hall–Kier alpha value is -4.84. The van der Waals surface area contributed by atoms with Crippen molar-refractivity contribution in [1.29, 1.82) is 0 Å². The summed E-state index contributed by atoms with van der Waals surface area (Å²) in [5, 5.41) is 74.3. The second-order valence-corrected chi connectivity index (χ2v) is 11.6. The summed E-state index contributed by atoms with van der Waals surface area (Å²) in [7, 11) is 0. The maximum atomic E-state index is 12.4. The molecule has 8 rings (SSSR count). The predicted molar refractivity (Wildman–Crippen MR) is 148 cm³/mol. The van der Waals surface area contributed by atoms with Gasteiger partial charge in [0.25, 0.3) is 0 Å². The summed E-state index contributed by atoms with van der Waals surface area (Å²) in [6.45, 7) is -0.395. The topological polar surface area (TPSA) is 179 Å². The Kier molecular flexibility index (Phi) is 5.03. The van der Waals surface area contributed by atoms with Crippen molar-refractivity contribution >= 4 is 0 Å². The first-order valence-corrected chi connectivity index (χ1v) is 13.6. The van der Waals surface area contributed by atoms with Gasteiger partial charge in [0.05, 0.1) is 0 Å². The maximum Gasteiger partial charge on any atom is 0.192 e. The minimum atomic E-state index is -1.90. The lowest BCUT2D eigenvalue weighted by Gasteiger charge is -2.42. The maximum absolute atomic E-state index is 12.4. The molecule has 0 saturated carbocycles. The highest BCUT2D eigenvalue weighted by molar-refractivity contribution is 5.77. The van der Waals surface area contributed by atoms with Crippen LogP contribution in [-0.4, -0.2) is 66.5 Å². The second kappa shape index (κ2) is 8.38. The van der Waals surface area contributed by atoms with Crippen molar-refractivity contribution in [3.63, 3.8) is 0 Å². The fraction of sp³-hybridized carbons (Fsp3) is 0.250. The standard InChI is InChI=1S/C32H26O11/c33-17-1-3-19-20-9-25(37)23(35)5-15(20)11-30(39,13-40-27(19)7-17)29-42-31-12-16-6-24(36)26(38)10-22(16)32(31,43-29)21-4-2-18(34)8-28(21)41-14-31/h1-10,29,33-39H,11-14H2. The number of fused-ring (bicyclic) bond motifs is 5. The van der Waals surface area contributed by atoms with E-state index in [9.17, 15) is 35.7 Å². The average molecular weight is 587 g/mol. The van der Waals surface area contributed by atoms with Crippen molar-refractivity contribution in [3.8, 4) is 57.1 Å². The quantitative estimate of drug-likeness (QED) is 0.163. The summed E-state index contributed by atoms with van der Waals surface area (Å²) in [6, 6.07) is 14.6. The molecule has 0 spiro atoms. The summed E-state index contributed by atoms with van der Waals surface area (Å²) in [5.74, 6) is -0.968. The largest absolute Gasteiger partial charge is 0.508 e. The molecule has 220 valence electrons. The van der Waals surface area contributed by atoms with E-state index in [2.05, 4.69) is 0 Å². The van der Waals surface area contributed by atoms with Crippen molar-refractivity contribution in [2.45, 2.75) is 35.9 Å². The predicted octanol–water partition coefficient (Wildman–Crippen LogP) is 3.26. The molecule has 0 bridgehead atoms. The zero-order valence-corrected chi connectivity index (χ0v) is 22.4. The molecule has 1 fully saturated rings. The van der Waals surface area contributed by atoms with E-state index in [0.29, 0.717) is 39.1 Å². The van der Waals surface area contributed by atoms with Gasteiger partial charge in [0.2, 0.25) is 0 Å². The van der Waals surface area contributed by atoms with Crippen molar-refractivity contribution in [2.75, 3.05) is 13.2 Å². The summed E-state index contributed by atoms with van der Waals surface area (Å²) in [6.07, 6.45) is -1.29. The molecule has 0 amide bonds. The van der Waals surface area contributed by atoms with Gasteiger partial charge in [-0.25, -0.2) is 0 Å². The molecule has 4 aliphatic rings.